The first-order valence-corrected chi connectivity index (χ1v) is 14.0. The maximum Gasteiger partial charge on any atom is 0.180 e. The predicted molar refractivity (Wildman–Crippen MR) is 149 cm³/mol. The van der Waals surface area contributed by atoms with Gasteiger partial charge in [0, 0.05) is 0 Å². The molecule has 34 heavy (non-hydrogen) atoms. The van der Waals surface area contributed by atoms with Crippen LogP contribution in [0.2, 0.25) is 0 Å². The van der Waals surface area contributed by atoms with E-state index in [-0.39, 0.29) is 0 Å². The van der Waals surface area contributed by atoms with Crippen LogP contribution in [-0.2, 0) is 0 Å². The maximum atomic E-state index is 2.50. The van der Waals surface area contributed by atoms with Gasteiger partial charge < -0.3 is 0 Å². The standard InChI is InChI=1S/C33H24Si/c1-23-16-17-24-18-19-31-33(29(24)20-23)30-21-25-10-8-9-11-26(25)22-32(30)34(31,27-12-4-2-5-13-27)28-14-6-3-7-15-28/h2-22H,1H3. The Morgan fingerprint density at radius 3 is 1.74 bits per heavy atom. The molecular weight excluding hydrogens is 424 g/mol. The van der Waals surface area contributed by atoms with Gasteiger partial charge in [-0.1, -0.05) is 127 Å². The summed E-state index contributed by atoms with van der Waals surface area (Å²) >= 11 is 0. The fourth-order valence-corrected chi connectivity index (χ4v) is 11.3. The van der Waals surface area contributed by atoms with Crippen molar-refractivity contribution in [1.82, 2.24) is 0 Å². The molecule has 160 valence electrons. The number of hydrogen-bond acceptors (Lipinski definition) is 0. The minimum atomic E-state index is -2.48. The zero-order valence-corrected chi connectivity index (χ0v) is 20.1. The maximum absolute atomic E-state index is 2.50. The van der Waals surface area contributed by atoms with E-state index in [9.17, 15) is 0 Å². The monoisotopic (exact) mass is 448 g/mol. The van der Waals surface area contributed by atoms with E-state index in [4.69, 9.17) is 0 Å². The van der Waals surface area contributed by atoms with Gasteiger partial charge in [-0.3, -0.25) is 0 Å². The molecule has 7 rings (SSSR count). The summed E-state index contributed by atoms with van der Waals surface area (Å²) in [5, 5.41) is 11.2. The Morgan fingerprint density at radius 1 is 0.471 bits per heavy atom. The third-order valence-corrected chi connectivity index (χ3v) is 12.4. The van der Waals surface area contributed by atoms with Gasteiger partial charge in [0.2, 0.25) is 0 Å². The predicted octanol–water partition coefficient (Wildman–Crippen LogP) is 5.66. The highest BCUT2D eigenvalue weighted by atomic mass is 28.3. The van der Waals surface area contributed by atoms with Gasteiger partial charge in [-0.05, 0) is 66.4 Å². The van der Waals surface area contributed by atoms with E-state index in [1.807, 2.05) is 0 Å². The minimum absolute atomic E-state index is 1.31. The topological polar surface area (TPSA) is 0 Å². The highest BCUT2D eigenvalue weighted by Crippen LogP contribution is 2.36. The molecule has 0 nitrogen and oxygen atoms in total. The molecule has 0 unspecified atom stereocenters. The second-order valence-corrected chi connectivity index (χ2v) is 13.2. The van der Waals surface area contributed by atoms with Crippen LogP contribution in [0.3, 0.4) is 0 Å². The van der Waals surface area contributed by atoms with Crippen LogP contribution in [-0.4, -0.2) is 8.07 Å². The molecule has 0 spiro atoms. The van der Waals surface area contributed by atoms with Crippen LogP contribution in [0.4, 0.5) is 0 Å². The van der Waals surface area contributed by atoms with Crippen molar-refractivity contribution in [2.45, 2.75) is 6.92 Å². The Morgan fingerprint density at radius 2 is 1.06 bits per heavy atom. The highest BCUT2D eigenvalue weighted by molar-refractivity contribution is 7.22. The van der Waals surface area contributed by atoms with Gasteiger partial charge in [-0.2, -0.15) is 0 Å². The van der Waals surface area contributed by atoms with Crippen LogP contribution in [0.25, 0.3) is 32.7 Å². The molecule has 1 heteroatoms. The summed E-state index contributed by atoms with van der Waals surface area (Å²) < 4.78 is 0. The molecule has 6 aromatic rings. The van der Waals surface area contributed by atoms with Gasteiger partial charge in [-0.15, -0.1) is 0 Å². The number of fused-ring (bicyclic) bond motifs is 6. The van der Waals surface area contributed by atoms with Crippen LogP contribution < -0.4 is 20.7 Å². The fourth-order valence-electron chi connectivity index (χ4n) is 6.10. The lowest BCUT2D eigenvalue weighted by Gasteiger charge is -2.31. The van der Waals surface area contributed by atoms with Crippen LogP contribution in [0.5, 0.6) is 0 Å². The van der Waals surface area contributed by atoms with Gasteiger partial charge in [-0.25, -0.2) is 0 Å². The summed E-state index contributed by atoms with van der Waals surface area (Å²) in [6.07, 6.45) is 0. The van der Waals surface area contributed by atoms with Crippen LogP contribution in [0.1, 0.15) is 5.56 Å². The van der Waals surface area contributed by atoms with Crippen LogP contribution in [0.15, 0.2) is 127 Å². The van der Waals surface area contributed by atoms with E-state index < -0.39 is 8.07 Å². The first kappa shape index (κ1) is 19.5. The van der Waals surface area contributed by atoms with Crippen LogP contribution >= 0.6 is 0 Å². The molecule has 6 aromatic carbocycles. The average Bonchev–Trinajstić information content (AvgIpc) is 3.19. The quantitative estimate of drug-likeness (QED) is 0.299. The van der Waals surface area contributed by atoms with E-state index >= 15 is 0 Å². The zero-order chi connectivity index (χ0) is 22.7. The molecule has 0 amide bonds. The first-order valence-electron chi connectivity index (χ1n) is 12.0. The van der Waals surface area contributed by atoms with Gasteiger partial charge >= 0.3 is 0 Å². The molecule has 1 aliphatic rings. The summed E-state index contributed by atoms with van der Waals surface area (Å²) in [6, 6.07) is 47.9. The summed E-state index contributed by atoms with van der Waals surface area (Å²) in [5.41, 5.74) is 4.15. The smallest absolute Gasteiger partial charge is 0.0623 e. The Balaban J connectivity index is 1.74. The molecule has 1 aliphatic heterocycles. The third-order valence-electron chi connectivity index (χ3n) is 7.55. The van der Waals surface area contributed by atoms with Crippen molar-refractivity contribution < 1.29 is 0 Å². The lowest BCUT2D eigenvalue weighted by molar-refractivity contribution is 1.51. The van der Waals surface area contributed by atoms with E-state index in [2.05, 4.69) is 134 Å². The molecule has 0 atom stereocenters. The molecule has 0 bridgehead atoms. The van der Waals surface area contributed by atoms with Crippen molar-refractivity contribution in [3.8, 4) is 11.1 Å². The normalized spacial score (nSPS) is 13.7. The summed E-state index contributed by atoms with van der Waals surface area (Å²) in [6.45, 7) is 2.20. The Kier molecular flexibility index (Phi) is 4.18. The largest absolute Gasteiger partial charge is 0.180 e. The lowest BCUT2D eigenvalue weighted by atomic mass is 9.95. The molecule has 1 heterocycles. The van der Waals surface area contributed by atoms with Crippen molar-refractivity contribution in [1.29, 1.82) is 0 Å². The Labute approximate surface area is 201 Å². The molecule has 0 fully saturated rings. The summed E-state index contributed by atoms with van der Waals surface area (Å²) in [4.78, 5) is 0. The van der Waals surface area contributed by atoms with Gasteiger partial charge in [0.1, 0.15) is 0 Å². The van der Waals surface area contributed by atoms with Crippen molar-refractivity contribution in [2.75, 3.05) is 0 Å². The molecule has 0 N–H and O–H groups in total. The van der Waals surface area contributed by atoms with Crippen molar-refractivity contribution in [2.24, 2.45) is 0 Å². The van der Waals surface area contributed by atoms with Crippen molar-refractivity contribution in [3.05, 3.63) is 133 Å². The molecule has 0 aliphatic carbocycles. The molecule has 0 aromatic heterocycles. The van der Waals surface area contributed by atoms with Crippen molar-refractivity contribution in [3.63, 3.8) is 0 Å². The molecule has 0 radical (unpaired) electrons. The highest BCUT2D eigenvalue weighted by Gasteiger charge is 2.49. The SMILES string of the molecule is Cc1ccc2ccc3c(c2c1)-c1cc2ccccc2cc1[Si]3(c1ccccc1)c1ccccc1. The Hall–Kier alpha value is -3.94. The van der Waals surface area contributed by atoms with E-state index in [0.29, 0.717) is 0 Å². The summed E-state index contributed by atoms with van der Waals surface area (Å²) in [5.74, 6) is 0. The number of aryl methyl sites for hydroxylation is 1. The average molecular weight is 449 g/mol. The minimum Gasteiger partial charge on any atom is -0.0623 e. The van der Waals surface area contributed by atoms with E-state index in [1.165, 1.54) is 59.0 Å². The second-order valence-electron chi connectivity index (χ2n) is 9.44. The molecule has 0 saturated carbocycles. The molecular formula is C33H24Si. The molecule has 0 saturated heterocycles. The number of rotatable bonds is 2. The van der Waals surface area contributed by atoms with Gasteiger partial charge in [0.25, 0.3) is 0 Å². The number of benzene rings is 6. The second kappa shape index (κ2) is 7.28. The van der Waals surface area contributed by atoms with Crippen molar-refractivity contribution >= 4 is 50.4 Å². The zero-order valence-electron chi connectivity index (χ0n) is 19.1. The lowest BCUT2D eigenvalue weighted by Crippen LogP contribution is -2.72. The number of hydrogen-bond donors (Lipinski definition) is 0. The third kappa shape index (κ3) is 2.59. The fraction of sp³-hybridized carbons (Fsp3) is 0.0303. The van der Waals surface area contributed by atoms with Crippen LogP contribution in [0, 0.1) is 6.92 Å². The van der Waals surface area contributed by atoms with Gasteiger partial charge in [0.15, 0.2) is 8.07 Å². The summed E-state index contributed by atoms with van der Waals surface area (Å²) in [7, 11) is -2.48. The van der Waals surface area contributed by atoms with E-state index in [0.717, 1.165) is 0 Å². The first-order chi connectivity index (χ1) is 16.8. The van der Waals surface area contributed by atoms with E-state index in [1.54, 1.807) is 0 Å². The van der Waals surface area contributed by atoms with Gasteiger partial charge in [0.05, 0.1) is 0 Å². The Bertz CT molecular complexity index is 1660.